The lowest BCUT2D eigenvalue weighted by Crippen LogP contribution is -1.97. The molecule has 0 unspecified atom stereocenters. The van der Waals surface area contributed by atoms with E-state index in [2.05, 4.69) is 47.8 Å². The highest BCUT2D eigenvalue weighted by atomic mass is 16.5. The predicted octanol–water partition coefficient (Wildman–Crippen LogP) is 5.01. The van der Waals surface area contributed by atoms with E-state index in [1.807, 2.05) is 24.3 Å². The highest BCUT2D eigenvalue weighted by Crippen LogP contribution is 2.41. The lowest BCUT2D eigenvalue weighted by Gasteiger charge is -2.14. The van der Waals surface area contributed by atoms with E-state index < -0.39 is 0 Å². The number of nitrogens with one attached hydrogen (secondary N) is 1. The van der Waals surface area contributed by atoms with E-state index in [1.54, 1.807) is 7.11 Å². The molecule has 22 heavy (non-hydrogen) atoms. The van der Waals surface area contributed by atoms with Crippen molar-refractivity contribution in [2.45, 2.75) is 6.42 Å². The number of benzene rings is 3. The van der Waals surface area contributed by atoms with E-state index in [4.69, 9.17) is 4.74 Å². The van der Waals surface area contributed by atoms with Crippen molar-refractivity contribution >= 4 is 11.4 Å². The third-order valence-electron chi connectivity index (χ3n) is 4.23. The molecule has 108 valence electrons. The van der Waals surface area contributed by atoms with Gasteiger partial charge >= 0.3 is 0 Å². The van der Waals surface area contributed by atoms with Gasteiger partial charge in [0.05, 0.1) is 12.8 Å². The summed E-state index contributed by atoms with van der Waals surface area (Å²) in [6.07, 6.45) is 0.976. The number of methoxy groups -OCH3 is 1. The van der Waals surface area contributed by atoms with Crippen molar-refractivity contribution in [2.75, 3.05) is 12.4 Å². The van der Waals surface area contributed by atoms with Crippen LogP contribution in [0.2, 0.25) is 0 Å². The summed E-state index contributed by atoms with van der Waals surface area (Å²) in [4.78, 5) is 0. The third-order valence-corrected chi connectivity index (χ3v) is 4.23. The van der Waals surface area contributed by atoms with Crippen LogP contribution in [-0.4, -0.2) is 7.11 Å². The zero-order chi connectivity index (χ0) is 14.9. The Morgan fingerprint density at radius 3 is 2.41 bits per heavy atom. The van der Waals surface area contributed by atoms with Gasteiger partial charge in [0.25, 0.3) is 0 Å². The number of rotatable bonds is 3. The topological polar surface area (TPSA) is 21.3 Å². The van der Waals surface area contributed by atoms with Crippen LogP contribution in [0.3, 0.4) is 0 Å². The molecule has 2 heteroatoms. The highest BCUT2D eigenvalue weighted by molar-refractivity contribution is 5.84. The average molecular weight is 287 g/mol. The molecule has 1 aliphatic rings. The number of anilines is 2. The lowest BCUT2D eigenvalue weighted by atomic mass is 10.0. The molecule has 0 saturated carbocycles. The number of hydrogen-bond acceptors (Lipinski definition) is 2. The molecule has 2 nitrogen and oxygen atoms in total. The molecule has 0 amide bonds. The predicted molar refractivity (Wildman–Crippen MR) is 91.0 cm³/mol. The van der Waals surface area contributed by atoms with E-state index in [9.17, 15) is 0 Å². The maximum atomic E-state index is 5.44. The van der Waals surface area contributed by atoms with Gasteiger partial charge in [-0.25, -0.2) is 0 Å². The van der Waals surface area contributed by atoms with Gasteiger partial charge in [0.1, 0.15) is 5.75 Å². The minimum atomic E-state index is 0.857. The van der Waals surface area contributed by atoms with Crippen LogP contribution in [-0.2, 0) is 6.42 Å². The van der Waals surface area contributed by atoms with E-state index in [1.165, 1.54) is 22.3 Å². The molecule has 0 spiro atoms. The Morgan fingerprint density at radius 2 is 1.50 bits per heavy atom. The van der Waals surface area contributed by atoms with Crippen molar-refractivity contribution in [2.24, 2.45) is 0 Å². The summed E-state index contributed by atoms with van der Waals surface area (Å²) in [5.74, 6) is 0.857. The number of para-hydroxylation sites is 2. The first kappa shape index (κ1) is 13.0. The van der Waals surface area contributed by atoms with Gasteiger partial charge in [0.15, 0.2) is 0 Å². The van der Waals surface area contributed by atoms with Crippen LogP contribution in [0.25, 0.3) is 11.1 Å². The monoisotopic (exact) mass is 287 g/mol. The standard InChI is InChI=1S/C20H17NO/c1-22-20-12-5-4-10-19(20)21-18-11-6-9-16-15-8-3-2-7-14(15)13-17(16)18/h2-12,21H,13H2,1H3. The van der Waals surface area contributed by atoms with Crippen LogP contribution < -0.4 is 10.1 Å². The fourth-order valence-electron chi connectivity index (χ4n) is 3.17. The van der Waals surface area contributed by atoms with Crippen molar-refractivity contribution in [3.63, 3.8) is 0 Å². The molecule has 0 bridgehead atoms. The highest BCUT2D eigenvalue weighted by Gasteiger charge is 2.20. The summed E-state index contributed by atoms with van der Waals surface area (Å²) in [6, 6.07) is 23.1. The van der Waals surface area contributed by atoms with E-state index in [-0.39, 0.29) is 0 Å². The number of fused-ring (bicyclic) bond motifs is 3. The summed E-state index contributed by atoms with van der Waals surface area (Å²) >= 11 is 0. The van der Waals surface area contributed by atoms with Gasteiger partial charge in [-0.1, -0.05) is 48.5 Å². The van der Waals surface area contributed by atoms with Gasteiger partial charge in [-0.05, 0) is 40.5 Å². The SMILES string of the molecule is COc1ccccc1Nc1cccc2c1Cc1ccccc1-2. The van der Waals surface area contributed by atoms with Gasteiger partial charge in [0, 0.05) is 12.1 Å². The Kier molecular flexibility index (Phi) is 3.08. The van der Waals surface area contributed by atoms with Gasteiger partial charge in [-0.2, -0.15) is 0 Å². The van der Waals surface area contributed by atoms with Crippen LogP contribution in [0, 0.1) is 0 Å². The van der Waals surface area contributed by atoms with Crippen LogP contribution >= 0.6 is 0 Å². The minimum absolute atomic E-state index is 0.857. The Balaban J connectivity index is 1.77. The van der Waals surface area contributed by atoms with Gasteiger partial charge in [-0.15, -0.1) is 0 Å². The molecule has 0 aliphatic heterocycles. The molecule has 1 N–H and O–H groups in total. The third kappa shape index (κ3) is 2.04. The molecule has 0 aromatic heterocycles. The van der Waals surface area contributed by atoms with Gasteiger partial charge in [-0.3, -0.25) is 0 Å². The summed E-state index contributed by atoms with van der Waals surface area (Å²) in [6.45, 7) is 0. The first-order valence-corrected chi connectivity index (χ1v) is 7.47. The van der Waals surface area contributed by atoms with E-state index >= 15 is 0 Å². The van der Waals surface area contributed by atoms with Crippen LogP contribution in [0.5, 0.6) is 5.75 Å². The molecule has 0 fully saturated rings. The molecule has 0 saturated heterocycles. The first-order chi connectivity index (χ1) is 10.9. The molecular formula is C20H17NO. The van der Waals surface area contributed by atoms with Crippen molar-refractivity contribution in [1.29, 1.82) is 0 Å². The fourth-order valence-corrected chi connectivity index (χ4v) is 3.17. The molecule has 0 heterocycles. The maximum Gasteiger partial charge on any atom is 0.142 e. The fraction of sp³-hybridized carbons (Fsp3) is 0.100. The summed E-state index contributed by atoms with van der Waals surface area (Å²) in [5.41, 5.74) is 7.57. The Labute approximate surface area is 130 Å². The zero-order valence-electron chi connectivity index (χ0n) is 12.5. The largest absolute Gasteiger partial charge is 0.495 e. The average Bonchev–Trinajstić information content (AvgIpc) is 2.95. The molecule has 0 atom stereocenters. The molecule has 0 radical (unpaired) electrons. The summed E-state index contributed by atoms with van der Waals surface area (Å²) < 4.78 is 5.44. The van der Waals surface area contributed by atoms with Crippen molar-refractivity contribution in [1.82, 2.24) is 0 Å². The molecule has 1 aliphatic carbocycles. The number of ether oxygens (including phenoxy) is 1. The Morgan fingerprint density at radius 1 is 0.773 bits per heavy atom. The smallest absolute Gasteiger partial charge is 0.142 e. The molecule has 3 aromatic rings. The Hall–Kier alpha value is -2.74. The normalized spacial score (nSPS) is 11.7. The Bertz CT molecular complexity index is 839. The quantitative estimate of drug-likeness (QED) is 0.572. The second kappa shape index (κ2) is 5.23. The minimum Gasteiger partial charge on any atom is -0.495 e. The van der Waals surface area contributed by atoms with Gasteiger partial charge < -0.3 is 10.1 Å². The van der Waals surface area contributed by atoms with E-state index in [0.717, 1.165) is 23.5 Å². The lowest BCUT2D eigenvalue weighted by molar-refractivity contribution is 0.417. The van der Waals surface area contributed by atoms with Gasteiger partial charge in [0.2, 0.25) is 0 Å². The second-order valence-corrected chi connectivity index (χ2v) is 5.49. The van der Waals surface area contributed by atoms with Crippen molar-refractivity contribution < 1.29 is 4.74 Å². The van der Waals surface area contributed by atoms with Crippen molar-refractivity contribution in [3.05, 3.63) is 77.9 Å². The number of hydrogen-bond donors (Lipinski definition) is 1. The van der Waals surface area contributed by atoms with Crippen LogP contribution in [0.4, 0.5) is 11.4 Å². The van der Waals surface area contributed by atoms with E-state index in [0.29, 0.717) is 0 Å². The second-order valence-electron chi connectivity index (χ2n) is 5.49. The molecule has 4 rings (SSSR count). The zero-order valence-corrected chi connectivity index (χ0v) is 12.5. The van der Waals surface area contributed by atoms with Crippen LogP contribution in [0.15, 0.2) is 66.7 Å². The summed E-state index contributed by atoms with van der Waals surface area (Å²) in [7, 11) is 1.70. The van der Waals surface area contributed by atoms with Crippen LogP contribution in [0.1, 0.15) is 11.1 Å². The first-order valence-electron chi connectivity index (χ1n) is 7.47. The molecule has 3 aromatic carbocycles. The maximum absolute atomic E-state index is 5.44. The molecular weight excluding hydrogens is 270 g/mol. The van der Waals surface area contributed by atoms with Crippen molar-refractivity contribution in [3.8, 4) is 16.9 Å². The summed E-state index contributed by atoms with van der Waals surface area (Å²) in [5, 5.41) is 3.53.